The second-order valence-corrected chi connectivity index (χ2v) is 10.8. The summed E-state index contributed by atoms with van der Waals surface area (Å²) in [4.78, 5) is 20.1. The standard InChI is InChI=1S/C26H31N3O4S/c1-28(16-10-18-33-21-13-9-14-22(19-21)34(2,31)32)26(30)24-23-15-7-4-8-17-29(23)25(27-24)20-11-5-3-6-12-20/h3,5-6,9,11-14,19H,4,7-8,10,15-18H2,1-2H3. The summed E-state index contributed by atoms with van der Waals surface area (Å²) in [6.45, 7) is 1.77. The molecule has 180 valence electrons. The van der Waals surface area contributed by atoms with Crippen LogP contribution in [-0.2, 0) is 22.8 Å². The maximum absolute atomic E-state index is 13.3. The molecule has 0 saturated carbocycles. The van der Waals surface area contributed by atoms with Gasteiger partial charge in [-0.15, -0.1) is 0 Å². The number of hydrogen-bond acceptors (Lipinski definition) is 5. The van der Waals surface area contributed by atoms with Gasteiger partial charge < -0.3 is 14.2 Å². The van der Waals surface area contributed by atoms with Crippen LogP contribution in [0.4, 0.5) is 0 Å². The molecule has 1 aliphatic heterocycles. The number of fused-ring (bicyclic) bond motifs is 1. The molecule has 2 aromatic carbocycles. The van der Waals surface area contributed by atoms with Crippen LogP contribution in [0.25, 0.3) is 11.4 Å². The number of sulfone groups is 1. The Morgan fingerprint density at radius 3 is 2.65 bits per heavy atom. The largest absolute Gasteiger partial charge is 0.493 e. The maximum atomic E-state index is 13.3. The van der Waals surface area contributed by atoms with Gasteiger partial charge in [0.25, 0.3) is 5.91 Å². The van der Waals surface area contributed by atoms with Crippen molar-refractivity contribution in [3.8, 4) is 17.1 Å². The minimum atomic E-state index is -3.28. The summed E-state index contributed by atoms with van der Waals surface area (Å²) in [7, 11) is -1.49. The van der Waals surface area contributed by atoms with Gasteiger partial charge in [-0.05, 0) is 43.9 Å². The van der Waals surface area contributed by atoms with Crippen LogP contribution < -0.4 is 4.74 Å². The second-order valence-electron chi connectivity index (χ2n) is 8.73. The predicted molar refractivity (Wildman–Crippen MR) is 132 cm³/mol. The normalized spacial score (nSPS) is 13.7. The monoisotopic (exact) mass is 481 g/mol. The third kappa shape index (κ3) is 5.50. The first-order valence-corrected chi connectivity index (χ1v) is 13.6. The summed E-state index contributed by atoms with van der Waals surface area (Å²) < 4.78 is 31.4. The molecule has 1 aromatic heterocycles. The number of nitrogens with zero attached hydrogens (tertiary/aromatic N) is 3. The average molecular weight is 482 g/mol. The Bertz CT molecular complexity index is 1250. The van der Waals surface area contributed by atoms with E-state index in [1.54, 1.807) is 30.1 Å². The van der Waals surface area contributed by atoms with Gasteiger partial charge in [0.05, 0.1) is 17.2 Å². The van der Waals surface area contributed by atoms with Crippen LogP contribution in [0, 0.1) is 0 Å². The van der Waals surface area contributed by atoms with Crippen molar-refractivity contribution in [3.63, 3.8) is 0 Å². The van der Waals surface area contributed by atoms with E-state index in [-0.39, 0.29) is 10.8 Å². The van der Waals surface area contributed by atoms with Crippen molar-refractivity contribution in [1.82, 2.24) is 14.5 Å². The summed E-state index contributed by atoms with van der Waals surface area (Å²) >= 11 is 0. The molecule has 0 bridgehead atoms. The molecule has 1 amide bonds. The Morgan fingerprint density at radius 2 is 1.88 bits per heavy atom. The quantitative estimate of drug-likeness (QED) is 0.450. The van der Waals surface area contributed by atoms with Gasteiger partial charge in [0.15, 0.2) is 9.84 Å². The molecule has 3 aromatic rings. The zero-order chi connectivity index (χ0) is 24.1. The molecule has 0 radical (unpaired) electrons. The number of benzene rings is 2. The van der Waals surface area contributed by atoms with Gasteiger partial charge in [-0.2, -0.15) is 0 Å². The van der Waals surface area contributed by atoms with E-state index in [2.05, 4.69) is 4.57 Å². The molecule has 4 rings (SSSR count). The van der Waals surface area contributed by atoms with Gasteiger partial charge in [-0.1, -0.05) is 42.8 Å². The highest BCUT2D eigenvalue weighted by atomic mass is 32.2. The molecule has 0 atom stereocenters. The molecule has 0 saturated heterocycles. The lowest BCUT2D eigenvalue weighted by molar-refractivity contribution is 0.0781. The van der Waals surface area contributed by atoms with Gasteiger partial charge >= 0.3 is 0 Å². The SMILES string of the molecule is CN(CCCOc1cccc(S(C)(=O)=O)c1)C(=O)c1nc(-c2ccccc2)n2c1CCCCC2. The van der Waals surface area contributed by atoms with Crippen LogP contribution in [-0.4, -0.2) is 55.2 Å². The van der Waals surface area contributed by atoms with E-state index in [1.807, 2.05) is 30.3 Å². The molecular formula is C26H31N3O4S. The predicted octanol–water partition coefficient (Wildman–Crippen LogP) is 4.22. The van der Waals surface area contributed by atoms with E-state index in [4.69, 9.17) is 9.72 Å². The molecule has 8 heteroatoms. The average Bonchev–Trinajstić information content (AvgIpc) is 3.02. The van der Waals surface area contributed by atoms with Crippen molar-refractivity contribution >= 4 is 15.7 Å². The Balaban J connectivity index is 1.42. The van der Waals surface area contributed by atoms with E-state index in [9.17, 15) is 13.2 Å². The summed E-state index contributed by atoms with van der Waals surface area (Å²) in [5, 5.41) is 0. The molecule has 0 spiro atoms. The highest BCUT2D eigenvalue weighted by Gasteiger charge is 2.26. The van der Waals surface area contributed by atoms with Crippen molar-refractivity contribution < 1.29 is 17.9 Å². The topological polar surface area (TPSA) is 81.5 Å². The van der Waals surface area contributed by atoms with E-state index in [0.717, 1.165) is 49.3 Å². The number of hydrogen-bond donors (Lipinski definition) is 0. The number of aromatic nitrogens is 2. The Hall–Kier alpha value is -3.13. The van der Waals surface area contributed by atoms with Crippen molar-refractivity contribution in [2.75, 3.05) is 26.5 Å². The third-order valence-corrected chi connectivity index (χ3v) is 7.20. The third-order valence-electron chi connectivity index (χ3n) is 6.09. The molecule has 0 fully saturated rings. The van der Waals surface area contributed by atoms with Crippen LogP contribution in [0.5, 0.6) is 5.75 Å². The maximum Gasteiger partial charge on any atom is 0.274 e. The Morgan fingerprint density at radius 1 is 1.09 bits per heavy atom. The molecule has 0 aliphatic carbocycles. The van der Waals surface area contributed by atoms with Gasteiger partial charge in [0.1, 0.15) is 17.3 Å². The van der Waals surface area contributed by atoms with E-state index >= 15 is 0 Å². The number of carbonyl (C=O) groups is 1. The molecule has 0 unspecified atom stereocenters. The summed E-state index contributed by atoms with van der Waals surface area (Å²) in [6, 6.07) is 16.5. The fourth-order valence-electron chi connectivity index (χ4n) is 4.27. The summed E-state index contributed by atoms with van der Waals surface area (Å²) in [5.41, 5.74) is 2.60. The van der Waals surface area contributed by atoms with Gasteiger partial charge in [0.2, 0.25) is 0 Å². The van der Waals surface area contributed by atoms with Gasteiger partial charge in [-0.25, -0.2) is 13.4 Å². The number of ether oxygens (including phenoxy) is 1. The molecule has 0 N–H and O–H groups in total. The first kappa shape index (κ1) is 24.0. The smallest absolute Gasteiger partial charge is 0.274 e. The van der Waals surface area contributed by atoms with Gasteiger partial charge in [0, 0.05) is 32.0 Å². The molecule has 7 nitrogen and oxygen atoms in total. The van der Waals surface area contributed by atoms with Crippen molar-refractivity contribution in [2.45, 2.75) is 43.5 Å². The fourth-order valence-corrected chi connectivity index (χ4v) is 4.92. The number of carbonyl (C=O) groups excluding carboxylic acids is 1. The van der Waals surface area contributed by atoms with Crippen molar-refractivity contribution in [1.29, 1.82) is 0 Å². The van der Waals surface area contributed by atoms with Gasteiger partial charge in [-0.3, -0.25) is 4.79 Å². The molecule has 34 heavy (non-hydrogen) atoms. The van der Waals surface area contributed by atoms with E-state index in [1.165, 1.54) is 12.3 Å². The van der Waals surface area contributed by atoms with Crippen LogP contribution in [0.3, 0.4) is 0 Å². The number of rotatable bonds is 8. The molecule has 1 aliphatic rings. The highest BCUT2D eigenvalue weighted by Crippen LogP contribution is 2.28. The molecular weight excluding hydrogens is 450 g/mol. The minimum absolute atomic E-state index is 0.0769. The Labute approximate surface area is 201 Å². The van der Waals surface area contributed by atoms with Crippen molar-refractivity contribution in [2.24, 2.45) is 0 Å². The lowest BCUT2D eigenvalue weighted by atomic mass is 10.1. The van der Waals surface area contributed by atoms with Crippen LogP contribution in [0.1, 0.15) is 41.9 Å². The fraction of sp³-hybridized carbons (Fsp3) is 0.385. The zero-order valence-corrected chi connectivity index (χ0v) is 20.6. The Kier molecular flexibility index (Phi) is 7.36. The summed E-state index contributed by atoms with van der Waals surface area (Å²) in [6.07, 6.45) is 5.94. The molecule has 2 heterocycles. The first-order valence-electron chi connectivity index (χ1n) is 11.7. The lowest BCUT2D eigenvalue weighted by Crippen LogP contribution is -2.30. The lowest BCUT2D eigenvalue weighted by Gasteiger charge is -2.17. The number of amides is 1. The summed E-state index contributed by atoms with van der Waals surface area (Å²) in [5.74, 6) is 1.29. The number of imidazole rings is 1. The zero-order valence-electron chi connectivity index (χ0n) is 19.7. The van der Waals surface area contributed by atoms with Crippen LogP contribution >= 0.6 is 0 Å². The second kappa shape index (κ2) is 10.4. The van der Waals surface area contributed by atoms with Crippen LogP contribution in [0.15, 0.2) is 59.5 Å². The first-order chi connectivity index (χ1) is 16.3. The van der Waals surface area contributed by atoms with Crippen molar-refractivity contribution in [3.05, 3.63) is 66.0 Å². The minimum Gasteiger partial charge on any atom is -0.493 e. The van der Waals surface area contributed by atoms with E-state index in [0.29, 0.717) is 31.0 Å². The van der Waals surface area contributed by atoms with E-state index < -0.39 is 9.84 Å². The van der Waals surface area contributed by atoms with Crippen LogP contribution in [0.2, 0.25) is 0 Å². The highest BCUT2D eigenvalue weighted by molar-refractivity contribution is 7.90.